The molecule has 0 unspecified atom stereocenters. The first-order valence-electron chi connectivity index (χ1n) is 7.29. The molecule has 1 aliphatic rings. The predicted molar refractivity (Wildman–Crippen MR) is 78.6 cm³/mol. The Morgan fingerprint density at radius 1 is 1.24 bits per heavy atom. The number of aryl methyl sites for hydroxylation is 1. The molecule has 21 heavy (non-hydrogen) atoms. The van der Waals surface area contributed by atoms with Gasteiger partial charge < -0.3 is 5.32 Å². The number of nitrogens with one attached hydrogen (secondary N) is 2. The normalized spacial score (nSPS) is 15.9. The van der Waals surface area contributed by atoms with Crippen LogP contribution in [-0.4, -0.2) is 29.8 Å². The zero-order chi connectivity index (χ0) is 14.2. The zero-order valence-electron chi connectivity index (χ0n) is 11.9. The number of H-pyrrole nitrogens is 1. The van der Waals surface area contributed by atoms with Gasteiger partial charge in [0.05, 0.1) is 0 Å². The van der Waals surface area contributed by atoms with Gasteiger partial charge in [-0.1, -0.05) is 12.8 Å². The van der Waals surface area contributed by atoms with Crippen molar-refractivity contribution in [3.05, 3.63) is 30.0 Å². The number of hydrogen-bond acceptors (Lipinski definition) is 5. The minimum atomic E-state index is 0.627. The Kier molecular flexibility index (Phi) is 2.83. The van der Waals surface area contributed by atoms with Crippen LogP contribution in [0, 0.1) is 6.92 Å². The Morgan fingerprint density at radius 2 is 2.10 bits per heavy atom. The summed E-state index contributed by atoms with van der Waals surface area (Å²) < 4.78 is 1.85. The van der Waals surface area contributed by atoms with Crippen molar-refractivity contribution < 1.29 is 0 Å². The second-order valence-electron chi connectivity index (χ2n) is 5.56. The zero-order valence-corrected chi connectivity index (χ0v) is 11.9. The second-order valence-corrected chi connectivity index (χ2v) is 5.56. The van der Waals surface area contributed by atoms with Crippen molar-refractivity contribution in [2.75, 3.05) is 5.32 Å². The molecule has 0 aliphatic heterocycles. The maximum Gasteiger partial charge on any atom is 0.165 e. The van der Waals surface area contributed by atoms with Gasteiger partial charge >= 0.3 is 0 Å². The summed E-state index contributed by atoms with van der Waals surface area (Å²) in [7, 11) is 0. The molecular formula is C14H17N7. The molecule has 0 saturated heterocycles. The van der Waals surface area contributed by atoms with Gasteiger partial charge in [0.15, 0.2) is 11.5 Å². The molecular weight excluding hydrogens is 266 g/mol. The quantitative estimate of drug-likeness (QED) is 0.771. The molecule has 0 spiro atoms. The monoisotopic (exact) mass is 283 g/mol. The lowest BCUT2D eigenvalue weighted by Gasteiger charge is -2.05. The standard InChI is InChI=1S/C14H17N7/c1-9-16-12(7-14-20-15-8-21(9)14)17-13-6-11(18-19-13)10-4-2-3-5-10/h6-8,10H,2-5H2,1H3,(H2,17,18,19). The molecule has 0 atom stereocenters. The van der Waals surface area contributed by atoms with E-state index in [0.29, 0.717) is 5.92 Å². The minimum Gasteiger partial charge on any atom is -0.323 e. The number of hydrogen-bond donors (Lipinski definition) is 2. The van der Waals surface area contributed by atoms with Crippen LogP contribution in [0.4, 0.5) is 11.6 Å². The van der Waals surface area contributed by atoms with Crippen molar-refractivity contribution >= 4 is 17.3 Å². The molecule has 3 aromatic heterocycles. The Bertz CT molecular complexity index is 767. The first kappa shape index (κ1) is 12.3. The van der Waals surface area contributed by atoms with Crippen LogP contribution in [0.3, 0.4) is 0 Å². The van der Waals surface area contributed by atoms with Gasteiger partial charge in [-0.25, -0.2) is 4.98 Å². The van der Waals surface area contributed by atoms with E-state index in [-0.39, 0.29) is 0 Å². The van der Waals surface area contributed by atoms with E-state index in [1.165, 1.54) is 31.4 Å². The van der Waals surface area contributed by atoms with Gasteiger partial charge in [-0.15, -0.1) is 10.2 Å². The summed E-state index contributed by atoms with van der Waals surface area (Å²) >= 11 is 0. The van der Waals surface area contributed by atoms with E-state index in [1.54, 1.807) is 6.33 Å². The van der Waals surface area contributed by atoms with E-state index in [2.05, 4.69) is 36.8 Å². The molecule has 3 aromatic rings. The van der Waals surface area contributed by atoms with E-state index in [9.17, 15) is 0 Å². The number of aromatic amines is 1. The summed E-state index contributed by atoms with van der Waals surface area (Å²) in [5, 5.41) is 18.7. The minimum absolute atomic E-state index is 0.627. The SMILES string of the molecule is Cc1nc(Nc2cc(C3CCCC3)[nH]n2)cc2nncn12. The number of nitrogens with zero attached hydrogens (tertiary/aromatic N) is 5. The highest BCUT2D eigenvalue weighted by atomic mass is 15.3. The largest absolute Gasteiger partial charge is 0.323 e. The second kappa shape index (κ2) is 4.83. The predicted octanol–water partition coefficient (Wildman–Crippen LogP) is 2.56. The Morgan fingerprint density at radius 3 is 2.95 bits per heavy atom. The van der Waals surface area contributed by atoms with E-state index < -0.39 is 0 Å². The molecule has 108 valence electrons. The molecule has 4 rings (SSSR count). The first-order valence-corrected chi connectivity index (χ1v) is 7.29. The molecule has 2 N–H and O–H groups in total. The van der Waals surface area contributed by atoms with E-state index in [1.807, 2.05) is 17.4 Å². The third-order valence-corrected chi connectivity index (χ3v) is 4.12. The molecule has 0 radical (unpaired) electrons. The number of aromatic nitrogens is 6. The number of anilines is 2. The average Bonchev–Trinajstić information content (AvgIpc) is 3.19. The highest BCUT2D eigenvalue weighted by Gasteiger charge is 2.19. The third-order valence-electron chi connectivity index (χ3n) is 4.12. The van der Waals surface area contributed by atoms with Gasteiger partial charge in [0, 0.05) is 23.7 Å². The van der Waals surface area contributed by atoms with Gasteiger partial charge in [0.2, 0.25) is 0 Å². The van der Waals surface area contributed by atoms with Gasteiger partial charge in [0.25, 0.3) is 0 Å². The van der Waals surface area contributed by atoms with Crippen molar-refractivity contribution in [3.63, 3.8) is 0 Å². The summed E-state index contributed by atoms with van der Waals surface area (Å²) in [6, 6.07) is 3.95. The van der Waals surface area contributed by atoms with Gasteiger partial charge in [-0.05, 0) is 19.8 Å². The smallest absolute Gasteiger partial charge is 0.165 e. The van der Waals surface area contributed by atoms with Crippen LogP contribution in [-0.2, 0) is 0 Å². The molecule has 0 amide bonds. The lowest BCUT2D eigenvalue weighted by Crippen LogP contribution is -2.00. The molecule has 7 nitrogen and oxygen atoms in total. The van der Waals surface area contributed by atoms with Gasteiger partial charge in [-0.3, -0.25) is 9.50 Å². The van der Waals surface area contributed by atoms with Crippen LogP contribution in [0.1, 0.15) is 43.1 Å². The maximum absolute atomic E-state index is 4.49. The molecule has 0 aromatic carbocycles. The van der Waals surface area contributed by atoms with Crippen molar-refractivity contribution in [2.45, 2.75) is 38.5 Å². The Hall–Kier alpha value is -2.44. The van der Waals surface area contributed by atoms with Crippen LogP contribution in [0.15, 0.2) is 18.5 Å². The fourth-order valence-electron chi connectivity index (χ4n) is 3.02. The summed E-state index contributed by atoms with van der Waals surface area (Å²) in [4.78, 5) is 4.49. The van der Waals surface area contributed by atoms with Gasteiger partial charge in [0.1, 0.15) is 18.0 Å². The van der Waals surface area contributed by atoms with Crippen molar-refractivity contribution in [1.82, 2.24) is 29.8 Å². The third kappa shape index (κ3) is 2.24. The van der Waals surface area contributed by atoms with Crippen LogP contribution in [0.2, 0.25) is 0 Å². The van der Waals surface area contributed by atoms with Crippen molar-refractivity contribution in [1.29, 1.82) is 0 Å². The highest BCUT2D eigenvalue weighted by Crippen LogP contribution is 2.33. The van der Waals surface area contributed by atoms with Crippen LogP contribution < -0.4 is 5.32 Å². The fraction of sp³-hybridized carbons (Fsp3) is 0.429. The van der Waals surface area contributed by atoms with Gasteiger partial charge in [-0.2, -0.15) is 5.10 Å². The number of fused-ring (bicyclic) bond motifs is 1. The molecule has 1 aliphatic carbocycles. The molecule has 0 bridgehead atoms. The fourth-order valence-corrected chi connectivity index (χ4v) is 3.02. The summed E-state index contributed by atoms with van der Waals surface area (Å²) in [6.07, 6.45) is 6.80. The molecule has 1 saturated carbocycles. The van der Waals surface area contributed by atoms with Crippen LogP contribution in [0.25, 0.3) is 5.65 Å². The van der Waals surface area contributed by atoms with Crippen LogP contribution >= 0.6 is 0 Å². The Labute approximate surface area is 121 Å². The van der Waals surface area contributed by atoms with Crippen LogP contribution in [0.5, 0.6) is 0 Å². The summed E-state index contributed by atoms with van der Waals surface area (Å²) in [6.45, 7) is 1.93. The lowest BCUT2D eigenvalue weighted by atomic mass is 10.0. The summed E-state index contributed by atoms with van der Waals surface area (Å²) in [5.74, 6) is 3.00. The topological polar surface area (TPSA) is 83.8 Å². The van der Waals surface area contributed by atoms with E-state index in [4.69, 9.17) is 0 Å². The van der Waals surface area contributed by atoms with E-state index >= 15 is 0 Å². The Balaban J connectivity index is 1.59. The van der Waals surface area contributed by atoms with E-state index in [0.717, 1.165) is 23.1 Å². The molecule has 7 heteroatoms. The maximum atomic E-state index is 4.49. The molecule has 1 fully saturated rings. The van der Waals surface area contributed by atoms with Crippen molar-refractivity contribution in [2.24, 2.45) is 0 Å². The number of rotatable bonds is 3. The average molecular weight is 283 g/mol. The molecule has 3 heterocycles. The highest BCUT2D eigenvalue weighted by molar-refractivity contribution is 5.57. The van der Waals surface area contributed by atoms with Crippen molar-refractivity contribution in [3.8, 4) is 0 Å². The first-order chi connectivity index (χ1) is 10.3. The lowest BCUT2D eigenvalue weighted by molar-refractivity contribution is 0.693. The summed E-state index contributed by atoms with van der Waals surface area (Å²) in [5.41, 5.74) is 1.99.